The number of carbonyl (C=O) groups excluding carboxylic acids is 1. The lowest BCUT2D eigenvalue weighted by molar-refractivity contribution is -0.127. The minimum Gasteiger partial charge on any atom is -0.371 e. The van der Waals surface area contributed by atoms with E-state index >= 15 is 0 Å². The summed E-state index contributed by atoms with van der Waals surface area (Å²) in [5.74, 6) is 0.0474. The molecule has 0 atom stereocenters. The summed E-state index contributed by atoms with van der Waals surface area (Å²) in [4.78, 5) is 11.2. The number of ether oxygens (including phenoxy) is 1. The molecule has 11 heavy (non-hydrogen) atoms. The van der Waals surface area contributed by atoms with Gasteiger partial charge in [0.1, 0.15) is 6.61 Å². The van der Waals surface area contributed by atoms with Crippen molar-refractivity contribution in [3.05, 3.63) is 0 Å². The average Bonchev–Trinajstić information content (AvgIpc) is 2.64. The van der Waals surface area contributed by atoms with Crippen molar-refractivity contribution in [2.75, 3.05) is 6.61 Å². The summed E-state index contributed by atoms with van der Waals surface area (Å²) >= 11 is 0. The van der Waals surface area contributed by atoms with Crippen molar-refractivity contribution < 1.29 is 9.53 Å². The molecule has 0 radical (unpaired) electrons. The van der Waals surface area contributed by atoms with Gasteiger partial charge in [-0.25, -0.2) is 0 Å². The molecule has 0 unspecified atom stereocenters. The summed E-state index contributed by atoms with van der Waals surface area (Å²) in [6, 6.07) is 0. The predicted molar refractivity (Wildman–Crippen MR) is 42.2 cm³/mol. The fourth-order valence-electron chi connectivity index (χ4n) is 0.800. The van der Waals surface area contributed by atoms with Crippen LogP contribution >= 0.6 is 0 Å². The second-order valence-electron chi connectivity index (χ2n) is 3.44. The van der Waals surface area contributed by atoms with Gasteiger partial charge in [0.15, 0.2) is 5.78 Å². The lowest BCUT2D eigenvalue weighted by Gasteiger charge is -2.09. The molecule has 2 N–H and O–H groups in total. The van der Waals surface area contributed by atoms with E-state index in [4.69, 9.17) is 10.5 Å². The van der Waals surface area contributed by atoms with Gasteiger partial charge in [-0.1, -0.05) is 0 Å². The smallest absolute Gasteiger partial charge is 0.178 e. The molecule has 1 fully saturated rings. The van der Waals surface area contributed by atoms with E-state index in [9.17, 15) is 4.79 Å². The zero-order valence-corrected chi connectivity index (χ0v) is 7.09. The quantitative estimate of drug-likeness (QED) is 0.645. The van der Waals surface area contributed by atoms with E-state index < -0.39 is 5.54 Å². The molecule has 0 saturated heterocycles. The van der Waals surface area contributed by atoms with Crippen LogP contribution in [0.3, 0.4) is 0 Å². The molecule has 0 aromatic carbocycles. The molecule has 0 spiro atoms. The van der Waals surface area contributed by atoms with Gasteiger partial charge in [-0.15, -0.1) is 0 Å². The molecule has 3 nitrogen and oxygen atoms in total. The first kappa shape index (κ1) is 8.68. The van der Waals surface area contributed by atoms with Crippen LogP contribution < -0.4 is 5.73 Å². The SMILES string of the molecule is CC(C)OCC(=O)C1(N)CC1. The molecule has 0 aliphatic heterocycles. The number of rotatable bonds is 4. The predicted octanol–water partition coefficient (Wildman–Crippen LogP) is 0.472. The van der Waals surface area contributed by atoms with E-state index in [1.807, 2.05) is 13.8 Å². The summed E-state index contributed by atoms with van der Waals surface area (Å²) in [6.45, 7) is 3.99. The van der Waals surface area contributed by atoms with E-state index in [0.717, 1.165) is 12.8 Å². The molecule has 3 heteroatoms. The van der Waals surface area contributed by atoms with E-state index in [-0.39, 0.29) is 18.5 Å². The zero-order chi connectivity index (χ0) is 8.48. The first-order valence-electron chi connectivity index (χ1n) is 3.98. The lowest BCUT2D eigenvalue weighted by atomic mass is 10.2. The number of hydrogen-bond donors (Lipinski definition) is 1. The molecular weight excluding hydrogens is 142 g/mol. The van der Waals surface area contributed by atoms with Crippen molar-refractivity contribution in [1.82, 2.24) is 0 Å². The van der Waals surface area contributed by atoms with Crippen molar-refractivity contribution in [2.45, 2.75) is 38.3 Å². The maximum Gasteiger partial charge on any atom is 0.178 e. The Morgan fingerprint density at radius 3 is 2.55 bits per heavy atom. The minimum atomic E-state index is -0.519. The first-order chi connectivity index (χ1) is 5.04. The monoisotopic (exact) mass is 157 g/mol. The molecule has 64 valence electrons. The van der Waals surface area contributed by atoms with Gasteiger partial charge in [0.2, 0.25) is 0 Å². The Hall–Kier alpha value is -0.410. The standard InChI is InChI=1S/C8H15NO2/c1-6(2)11-5-7(10)8(9)3-4-8/h6H,3-5,9H2,1-2H3. The third-order valence-corrected chi connectivity index (χ3v) is 1.89. The number of carbonyl (C=O) groups is 1. The molecule has 1 rings (SSSR count). The highest BCUT2D eigenvalue weighted by atomic mass is 16.5. The van der Waals surface area contributed by atoms with Crippen LogP contribution in [0.4, 0.5) is 0 Å². The van der Waals surface area contributed by atoms with Crippen molar-refractivity contribution in [3.63, 3.8) is 0 Å². The highest BCUT2D eigenvalue weighted by Crippen LogP contribution is 2.32. The van der Waals surface area contributed by atoms with Crippen LogP contribution in [0.15, 0.2) is 0 Å². The van der Waals surface area contributed by atoms with Gasteiger partial charge in [0, 0.05) is 0 Å². The summed E-state index contributed by atoms with van der Waals surface area (Å²) in [6.07, 6.45) is 1.77. The van der Waals surface area contributed by atoms with Gasteiger partial charge in [0.25, 0.3) is 0 Å². The normalized spacial score (nSPS) is 20.4. The number of nitrogens with two attached hydrogens (primary N) is 1. The van der Waals surface area contributed by atoms with E-state index in [2.05, 4.69) is 0 Å². The molecule has 0 amide bonds. The molecule has 0 heterocycles. The minimum absolute atomic E-state index is 0.0474. The van der Waals surface area contributed by atoms with Gasteiger partial charge in [-0.2, -0.15) is 0 Å². The molecule has 0 bridgehead atoms. The summed E-state index contributed by atoms with van der Waals surface area (Å²) < 4.78 is 5.14. The van der Waals surface area contributed by atoms with Crippen molar-refractivity contribution in [1.29, 1.82) is 0 Å². The highest BCUT2D eigenvalue weighted by molar-refractivity contribution is 5.92. The number of hydrogen-bond acceptors (Lipinski definition) is 3. The number of Topliss-reactive ketones (excluding diaryl/α,β-unsaturated/α-hetero) is 1. The largest absolute Gasteiger partial charge is 0.371 e. The maximum absolute atomic E-state index is 11.2. The Kier molecular flexibility index (Phi) is 2.30. The Morgan fingerprint density at radius 2 is 2.18 bits per heavy atom. The van der Waals surface area contributed by atoms with Crippen LogP contribution in [0.25, 0.3) is 0 Å². The molecule has 0 aromatic heterocycles. The van der Waals surface area contributed by atoms with Gasteiger partial charge < -0.3 is 10.5 Å². The fourth-order valence-corrected chi connectivity index (χ4v) is 0.800. The van der Waals surface area contributed by atoms with Crippen LogP contribution in [0.1, 0.15) is 26.7 Å². The lowest BCUT2D eigenvalue weighted by Crippen LogP contribution is -2.36. The van der Waals surface area contributed by atoms with Crippen LogP contribution in [0.5, 0.6) is 0 Å². The van der Waals surface area contributed by atoms with Crippen molar-refractivity contribution in [3.8, 4) is 0 Å². The van der Waals surface area contributed by atoms with Crippen LogP contribution in [-0.2, 0) is 9.53 Å². The first-order valence-corrected chi connectivity index (χ1v) is 3.98. The third-order valence-electron chi connectivity index (χ3n) is 1.89. The van der Waals surface area contributed by atoms with Gasteiger partial charge in [-0.05, 0) is 26.7 Å². The van der Waals surface area contributed by atoms with Crippen LogP contribution in [0, 0.1) is 0 Å². The second kappa shape index (κ2) is 2.91. The molecule has 1 aliphatic carbocycles. The third kappa shape index (κ3) is 2.27. The maximum atomic E-state index is 11.2. The Labute approximate surface area is 66.9 Å². The fraction of sp³-hybridized carbons (Fsp3) is 0.875. The van der Waals surface area contributed by atoms with Gasteiger partial charge >= 0.3 is 0 Å². The van der Waals surface area contributed by atoms with Crippen LogP contribution in [-0.4, -0.2) is 24.0 Å². The summed E-state index contributed by atoms with van der Waals surface area (Å²) in [5.41, 5.74) is 5.13. The second-order valence-corrected chi connectivity index (χ2v) is 3.44. The van der Waals surface area contributed by atoms with Gasteiger partial charge in [-0.3, -0.25) is 4.79 Å². The number of ketones is 1. The molecular formula is C8H15NO2. The van der Waals surface area contributed by atoms with Crippen molar-refractivity contribution >= 4 is 5.78 Å². The highest BCUT2D eigenvalue weighted by Gasteiger charge is 2.45. The Bertz CT molecular complexity index is 161. The van der Waals surface area contributed by atoms with Crippen LogP contribution in [0.2, 0.25) is 0 Å². The van der Waals surface area contributed by atoms with E-state index in [1.165, 1.54) is 0 Å². The van der Waals surface area contributed by atoms with E-state index in [1.54, 1.807) is 0 Å². The van der Waals surface area contributed by atoms with Gasteiger partial charge in [0.05, 0.1) is 11.6 Å². The topological polar surface area (TPSA) is 52.3 Å². The summed E-state index contributed by atoms with van der Waals surface area (Å²) in [7, 11) is 0. The average molecular weight is 157 g/mol. The Balaban J connectivity index is 2.22. The van der Waals surface area contributed by atoms with E-state index in [0.29, 0.717) is 0 Å². The molecule has 1 saturated carbocycles. The zero-order valence-electron chi connectivity index (χ0n) is 7.09. The summed E-state index contributed by atoms with van der Waals surface area (Å²) in [5, 5.41) is 0. The van der Waals surface area contributed by atoms with Crippen molar-refractivity contribution in [2.24, 2.45) is 5.73 Å². The molecule has 1 aliphatic rings. The molecule has 0 aromatic rings. The Morgan fingerprint density at radius 1 is 1.64 bits per heavy atom.